The van der Waals surface area contributed by atoms with E-state index in [1.54, 1.807) is 55.5 Å². The molecule has 0 fully saturated rings. The zero-order valence-electron chi connectivity index (χ0n) is 17.0. The van der Waals surface area contributed by atoms with Gasteiger partial charge in [0.05, 0.1) is 6.61 Å². The maximum Gasteiger partial charge on any atom is 0.350 e. The number of carbonyl (C=O) groups excluding carboxylic acids is 1. The van der Waals surface area contributed by atoms with E-state index in [-0.39, 0.29) is 17.7 Å². The van der Waals surface area contributed by atoms with Crippen molar-refractivity contribution in [2.45, 2.75) is 24.8 Å². The highest BCUT2D eigenvalue weighted by Gasteiger charge is 2.55. The Hall–Kier alpha value is -3.28. The number of carbonyl (C=O) groups is 1. The van der Waals surface area contributed by atoms with Crippen molar-refractivity contribution in [3.63, 3.8) is 0 Å². The van der Waals surface area contributed by atoms with Crippen LogP contribution in [-0.4, -0.2) is 28.5 Å². The number of halogens is 1. The summed E-state index contributed by atoms with van der Waals surface area (Å²) in [5.41, 5.74) is -2.72. The van der Waals surface area contributed by atoms with Crippen LogP contribution in [-0.2, 0) is 9.53 Å². The summed E-state index contributed by atoms with van der Waals surface area (Å²) in [5, 5.41) is 25.2. The number of hydrogen-bond acceptors (Lipinski definition) is 4. The first kappa shape index (κ1) is 21.0. The largest absolute Gasteiger partial charge is 0.463 e. The second kappa shape index (κ2) is 8.46. The molecule has 0 aliphatic carbocycles. The van der Waals surface area contributed by atoms with Crippen LogP contribution in [0.5, 0.6) is 0 Å². The van der Waals surface area contributed by atoms with Crippen LogP contribution in [0.15, 0.2) is 84.9 Å². The Morgan fingerprint density at radius 2 is 1.23 bits per heavy atom. The van der Waals surface area contributed by atoms with Crippen LogP contribution in [0.25, 0.3) is 21.5 Å². The number of benzene rings is 4. The zero-order valence-corrected chi connectivity index (χ0v) is 17.0. The van der Waals surface area contributed by atoms with Crippen LogP contribution in [0.3, 0.4) is 0 Å². The quantitative estimate of drug-likeness (QED) is 0.431. The molecule has 31 heavy (non-hydrogen) atoms. The van der Waals surface area contributed by atoms with Crippen LogP contribution < -0.4 is 0 Å². The lowest BCUT2D eigenvalue weighted by Crippen LogP contribution is -2.47. The van der Waals surface area contributed by atoms with Gasteiger partial charge >= 0.3 is 5.97 Å². The topological polar surface area (TPSA) is 66.8 Å². The molecule has 0 saturated heterocycles. The van der Waals surface area contributed by atoms with Gasteiger partial charge in [-0.2, -0.15) is 0 Å². The van der Waals surface area contributed by atoms with Crippen molar-refractivity contribution >= 4 is 27.5 Å². The lowest BCUT2D eigenvalue weighted by Gasteiger charge is -2.33. The van der Waals surface area contributed by atoms with Gasteiger partial charge in [0.2, 0.25) is 0 Å². The molecule has 0 heterocycles. The standard InChI is InChI=1S/C26H23FO4/c1-2-31-25(30)26(27,23(28)21-15-7-11-17-9-3-5-13-19(17)21)24(29)22-16-8-12-18-10-4-6-14-20(18)22/h3-16,23-24,28-29H,2H2,1H3. The Labute approximate surface area is 179 Å². The van der Waals surface area contributed by atoms with Gasteiger partial charge in [-0.15, -0.1) is 0 Å². The Morgan fingerprint density at radius 3 is 1.68 bits per heavy atom. The second-order valence-electron chi connectivity index (χ2n) is 7.43. The van der Waals surface area contributed by atoms with Gasteiger partial charge in [0.15, 0.2) is 0 Å². The number of rotatable bonds is 6. The van der Waals surface area contributed by atoms with Crippen LogP contribution in [0.2, 0.25) is 0 Å². The van der Waals surface area contributed by atoms with Crippen molar-refractivity contribution in [1.82, 2.24) is 0 Å². The van der Waals surface area contributed by atoms with Gasteiger partial charge in [0, 0.05) is 0 Å². The number of aliphatic hydroxyl groups is 2. The predicted molar refractivity (Wildman–Crippen MR) is 118 cm³/mol. The summed E-state index contributed by atoms with van der Waals surface area (Å²) in [5.74, 6) is -1.31. The maximum atomic E-state index is 16.6. The van der Waals surface area contributed by atoms with Gasteiger partial charge in [-0.3, -0.25) is 0 Å². The van der Waals surface area contributed by atoms with Crippen molar-refractivity contribution in [1.29, 1.82) is 0 Å². The van der Waals surface area contributed by atoms with E-state index in [9.17, 15) is 15.0 Å². The molecule has 2 N–H and O–H groups in total. The number of esters is 1. The summed E-state index contributed by atoms with van der Waals surface area (Å²) < 4.78 is 21.6. The Kier molecular flexibility index (Phi) is 5.72. The summed E-state index contributed by atoms with van der Waals surface area (Å²) >= 11 is 0. The Bertz CT molecular complexity index is 1140. The van der Waals surface area contributed by atoms with Crippen LogP contribution in [0.4, 0.5) is 4.39 Å². The molecule has 0 spiro atoms. The summed E-state index contributed by atoms with van der Waals surface area (Å²) in [7, 11) is 0. The molecule has 2 atom stereocenters. The molecule has 0 aliphatic heterocycles. The first-order chi connectivity index (χ1) is 15.0. The highest BCUT2D eigenvalue weighted by atomic mass is 19.1. The Balaban J connectivity index is 1.89. The highest BCUT2D eigenvalue weighted by Crippen LogP contribution is 2.44. The molecular formula is C26H23FO4. The summed E-state index contributed by atoms with van der Waals surface area (Å²) in [6, 6.07) is 24.5. The highest BCUT2D eigenvalue weighted by molar-refractivity contribution is 5.90. The van der Waals surface area contributed by atoms with E-state index in [4.69, 9.17) is 4.74 Å². The van der Waals surface area contributed by atoms with Crippen molar-refractivity contribution < 1.29 is 24.1 Å². The number of hydrogen-bond donors (Lipinski definition) is 2. The number of ether oxygens (including phenoxy) is 1. The Morgan fingerprint density at radius 1 is 0.806 bits per heavy atom. The maximum absolute atomic E-state index is 16.6. The molecule has 4 aromatic carbocycles. The normalized spacial score (nSPS) is 15.4. The number of fused-ring (bicyclic) bond motifs is 2. The molecule has 5 heteroatoms. The van der Waals surface area contributed by atoms with E-state index in [0.717, 1.165) is 10.8 Å². The molecule has 0 amide bonds. The minimum atomic E-state index is -3.12. The van der Waals surface area contributed by atoms with E-state index in [0.29, 0.717) is 10.8 Å². The third-order valence-corrected chi connectivity index (χ3v) is 5.62. The van der Waals surface area contributed by atoms with Crippen molar-refractivity contribution in [2.75, 3.05) is 6.61 Å². The molecule has 0 saturated carbocycles. The fraction of sp³-hybridized carbons (Fsp3) is 0.192. The molecular weight excluding hydrogens is 395 g/mol. The molecule has 2 unspecified atom stereocenters. The summed E-state index contributed by atoms with van der Waals surface area (Å²) in [6.45, 7) is 1.46. The molecule has 0 bridgehead atoms. The van der Waals surface area contributed by atoms with Gasteiger partial charge in [0.25, 0.3) is 5.67 Å². The lowest BCUT2D eigenvalue weighted by molar-refractivity contribution is -0.181. The van der Waals surface area contributed by atoms with Crippen molar-refractivity contribution in [2.24, 2.45) is 0 Å². The third kappa shape index (κ3) is 3.56. The van der Waals surface area contributed by atoms with E-state index in [1.807, 2.05) is 36.4 Å². The molecule has 4 rings (SSSR count). The third-order valence-electron chi connectivity index (χ3n) is 5.62. The van der Waals surface area contributed by atoms with Crippen molar-refractivity contribution in [3.8, 4) is 0 Å². The second-order valence-corrected chi connectivity index (χ2v) is 7.43. The molecule has 4 nitrogen and oxygen atoms in total. The average molecular weight is 418 g/mol. The van der Waals surface area contributed by atoms with Gasteiger partial charge < -0.3 is 14.9 Å². The van der Waals surface area contributed by atoms with Gasteiger partial charge in [-0.05, 0) is 39.6 Å². The van der Waals surface area contributed by atoms with Gasteiger partial charge in [0.1, 0.15) is 12.2 Å². The smallest absolute Gasteiger partial charge is 0.350 e. The van der Waals surface area contributed by atoms with Gasteiger partial charge in [-0.25, -0.2) is 9.18 Å². The van der Waals surface area contributed by atoms with Crippen LogP contribution in [0.1, 0.15) is 30.3 Å². The van der Waals surface area contributed by atoms with E-state index in [2.05, 4.69) is 0 Å². The number of aliphatic hydroxyl groups excluding tert-OH is 2. The molecule has 158 valence electrons. The SMILES string of the molecule is CCOC(=O)C(F)(C(O)c1cccc2ccccc12)C(O)c1cccc2ccccc12. The van der Waals surface area contributed by atoms with E-state index >= 15 is 4.39 Å². The minimum absolute atomic E-state index is 0.0883. The van der Waals surface area contributed by atoms with Gasteiger partial charge in [-0.1, -0.05) is 84.9 Å². The number of alkyl halides is 1. The minimum Gasteiger partial charge on any atom is -0.463 e. The van der Waals surface area contributed by atoms with Crippen LogP contribution >= 0.6 is 0 Å². The lowest BCUT2D eigenvalue weighted by atomic mass is 9.81. The summed E-state index contributed by atoms with van der Waals surface area (Å²) in [4.78, 5) is 12.8. The first-order valence-corrected chi connectivity index (χ1v) is 10.2. The monoisotopic (exact) mass is 418 g/mol. The van der Waals surface area contributed by atoms with Crippen LogP contribution in [0, 0.1) is 0 Å². The van der Waals surface area contributed by atoms with Crippen molar-refractivity contribution in [3.05, 3.63) is 96.1 Å². The fourth-order valence-corrected chi connectivity index (χ4v) is 4.04. The van der Waals surface area contributed by atoms with E-state index < -0.39 is 23.8 Å². The molecule has 0 radical (unpaired) electrons. The fourth-order valence-electron chi connectivity index (χ4n) is 4.04. The molecule has 4 aromatic rings. The molecule has 0 aromatic heterocycles. The first-order valence-electron chi connectivity index (χ1n) is 10.2. The summed E-state index contributed by atoms with van der Waals surface area (Å²) in [6.07, 6.45) is -3.90. The predicted octanol–water partition coefficient (Wildman–Crippen LogP) is 5.03. The molecule has 0 aliphatic rings. The van der Waals surface area contributed by atoms with E-state index in [1.165, 1.54) is 0 Å². The average Bonchev–Trinajstić information content (AvgIpc) is 2.82. The zero-order chi connectivity index (χ0) is 22.0.